The topological polar surface area (TPSA) is 46.2 Å². The minimum Gasteiger partial charge on any atom is -0.505 e. The van der Waals surface area contributed by atoms with Crippen LogP contribution in [0.1, 0.15) is 32.3 Å². The SMILES string of the molecule is CC(C)(N)C1(c2cc(F)cc(F)c2O)CC1. The predicted octanol–water partition coefficient (Wildman–Crippen LogP) is 2.44. The first-order valence-electron chi connectivity index (χ1n) is 5.25. The van der Waals surface area contributed by atoms with Gasteiger partial charge >= 0.3 is 0 Å². The van der Waals surface area contributed by atoms with E-state index in [2.05, 4.69) is 0 Å². The van der Waals surface area contributed by atoms with E-state index in [1.54, 1.807) is 0 Å². The largest absolute Gasteiger partial charge is 0.505 e. The lowest BCUT2D eigenvalue weighted by Crippen LogP contribution is -2.45. The second-order valence-corrected chi connectivity index (χ2v) is 5.09. The van der Waals surface area contributed by atoms with E-state index in [0.29, 0.717) is 6.07 Å². The minimum absolute atomic E-state index is 0.289. The molecule has 0 bridgehead atoms. The summed E-state index contributed by atoms with van der Waals surface area (Å²) in [5, 5.41) is 9.66. The molecule has 88 valence electrons. The lowest BCUT2D eigenvalue weighted by atomic mass is 9.79. The van der Waals surface area contributed by atoms with Crippen LogP contribution in [0.2, 0.25) is 0 Å². The summed E-state index contributed by atoms with van der Waals surface area (Å²) in [4.78, 5) is 0. The lowest BCUT2D eigenvalue weighted by molar-refractivity contribution is 0.358. The van der Waals surface area contributed by atoms with E-state index in [4.69, 9.17) is 5.73 Å². The van der Waals surface area contributed by atoms with Crippen LogP contribution in [-0.2, 0) is 5.41 Å². The number of rotatable bonds is 2. The standard InChI is InChI=1S/C12H15F2NO/c1-11(2,15)12(3-4-12)8-5-7(13)6-9(14)10(8)16/h5-6,16H,3-4,15H2,1-2H3. The van der Waals surface area contributed by atoms with Crippen molar-refractivity contribution in [3.05, 3.63) is 29.3 Å². The van der Waals surface area contributed by atoms with Gasteiger partial charge in [-0.1, -0.05) is 0 Å². The average molecular weight is 227 g/mol. The van der Waals surface area contributed by atoms with Crippen LogP contribution in [0.25, 0.3) is 0 Å². The smallest absolute Gasteiger partial charge is 0.168 e. The van der Waals surface area contributed by atoms with E-state index in [9.17, 15) is 13.9 Å². The molecule has 2 nitrogen and oxygen atoms in total. The molecule has 0 atom stereocenters. The van der Waals surface area contributed by atoms with E-state index < -0.39 is 28.3 Å². The normalized spacial score (nSPS) is 18.6. The van der Waals surface area contributed by atoms with Crippen molar-refractivity contribution in [3.8, 4) is 5.75 Å². The van der Waals surface area contributed by atoms with E-state index in [1.165, 1.54) is 6.07 Å². The summed E-state index contributed by atoms with van der Waals surface area (Å²) >= 11 is 0. The molecule has 0 heterocycles. The summed E-state index contributed by atoms with van der Waals surface area (Å²) in [6.45, 7) is 3.62. The summed E-state index contributed by atoms with van der Waals surface area (Å²) in [7, 11) is 0. The molecule has 1 saturated carbocycles. The molecule has 1 aliphatic rings. The summed E-state index contributed by atoms with van der Waals surface area (Å²) in [6.07, 6.45) is 1.49. The molecule has 0 radical (unpaired) electrons. The van der Waals surface area contributed by atoms with Gasteiger partial charge in [0.1, 0.15) is 5.82 Å². The number of benzene rings is 1. The fraction of sp³-hybridized carbons (Fsp3) is 0.500. The van der Waals surface area contributed by atoms with Gasteiger partial charge in [-0.05, 0) is 32.8 Å². The quantitative estimate of drug-likeness (QED) is 0.815. The Hall–Kier alpha value is -1.16. The fourth-order valence-corrected chi connectivity index (χ4v) is 2.32. The van der Waals surface area contributed by atoms with Gasteiger partial charge in [0, 0.05) is 22.6 Å². The van der Waals surface area contributed by atoms with Crippen LogP contribution in [0.3, 0.4) is 0 Å². The van der Waals surface area contributed by atoms with Gasteiger partial charge in [0.05, 0.1) is 0 Å². The Morgan fingerprint density at radius 2 is 1.88 bits per heavy atom. The summed E-state index contributed by atoms with van der Waals surface area (Å²) in [5.41, 5.74) is 5.20. The van der Waals surface area contributed by atoms with Gasteiger partial charge in [-0.25, -0.2) is 8.78 Å². The third kappa shape index (κ3) is 1.48. The van der Waals surface area contributed by atoms with Crippen LogP contribution in [-0.4, -0.2) is 10.6 Å². The van der Waals surface area contributed by atoms with E-state index in [1.807, 2.05) is 13.8 Å². The summed E-state index contributed by atoms with van der Waals surface area (Å²) < 4.78 is 26.4. The molecule has 0 saturated heterocycles. The molecule has 0 unspecified atom stereocenters. The maximum atomic E-state index is 13.3. The van der Waals surface area contributed by atoms with Crippen molar-refractivity contribution in [3.63, 3.8) is 0 Å². The van der Waals surface area contributed by atoms with Crippen molar-refractivity contribution in [1.82, 2.24) is 0 Å². The van der Waals surface area contributed by atoms with Crippen LogP contribution in [0.4, 0.5) is 8.78 Å². The molecule has 0 spiro atoms. The van der Waals surface area contributed by atoms with Gasteiger partial charge in [-0.15, -0.1) is 0 Å². The second kappa shape index (κ2) is 3.17. The number of nitrogens with two attached hydrogens (primary N) is 1. The Balaban J connectivity index is 2.57. The number of halogens is 2. The molecule has 0 aliphatic heterocycles. The van der Waals surface area contributed by atoms with Gasteiger partial charge in [-0.3, -0.25) is 0 Å². The second-order valence-electron chi connectivity index (χ2n) is 5.09. The van der Waals surface area contributed by atoms with Crippen molar-refractivity contribution < 1.29 is 13.9 Å². The number of hydrogen-bond donors (Lipinski definition) is 2. The van der Waals surface area contributed by atoms with Gasteiger partial charge in [0.15, 0.2) is 11.6 Å². The number of aromatic hydroxyl groups is 1. The molecule has 16 heavy (non-hydrogen) atoms. The number of phenols is 1. The highest BCUT2D eigenvalue weighted by Crippen LogP contribution is 2.57. The first-order valence-corrected chi connectivity index (χ1v) is 5.25. The van der Waals surface area contributed by atoms with Gasteiger partial charge in [0.2, 0.25) is 0 Å². The molecule has 1 aliphatic carbocycles. The van der Waals surface area contributed by atoms with Crippen LogP contribution >= 0.6 is 0 Å². The zero-order valence-electron chi connectivity index (χ0n) is 9.35. The molecule has 1 aromatic carbocycles. The van der Waals surface area contributed by atoms with E-state index >= 15 is 0 Å². The minimum atomic E-state index is -0.925. The Kier molecular flexibility index (Phi) is 2.24. The fourth-order valence-electron chi connectivity index (χ4n) is 2.32. The number of hydrogen-bond acceptors (Lipinski definition) is 2. The van der Waals surface area contributed by atoms with Gasteiger partial charge in [-0.2, -0.15) is 0 Å². The molecule has 2 rings (SSSR count). The van der Waals surface area contributed by atoms with Crippen molar-refractivity contribution in [2.45, 2.75) is 37.6 Å². The monoisotopic (exact) mass is 227 g/mol. The molecule has 1 aromatic rings. The zero-order valence-corrected chi connectivity index (χ0v) is 9.35. The molecule has 0 aromatic heterocycles. The van der Waals surface area contributed by atoms with Gasteiger partial charge in [0.25, 0.3) is 0 Å². The van der Waals surface area contributed by atoms with Crippen molar-refractivity contribution in [2.75, 3.05) is 0 Å². The van der Waals surface area contributed by atoms with Crippen LogP contribution in [0, 0.1) is 11.6 Å². The maximum Gasteiger partial charge on any atom is 0.168 e. The first-order chi connectivity index (χ1) is 7.28. The van der Waals surface area contributed by atoms with Gasteiger partial charge < -0.3 is 10.8 Å². The summed E-state index contributed by atoms with van der Waals surface area (Å²) in [5.74, 6) is -2.08. The highest BCUT2D eigenvalue weighted by atomic mass is 19.1. The highest BCUT2D eigenvalue weighted by molar-refractivity contribution is 5.46. The lowest BCUT2D eigenvalue weighted by Gasteiger charge is -2.31. The van der Waals surface area contributed by atoms with Crippen molar-refractivity contribution >= 4 is 0 Å². The van der Waals surface area contributed by atoms with E-state index in [0.717, 1.165) is 12.8 Å². The highest BCUT2D eigenvalue weighted by Gasteiger charge is 2.55. The molecular weight excluding hydrogens is 212 g/mol. The van der Waals surface area contributed by atoms with Crippen molar-refractivity contribution in [1.29, 1.82) is 0 Å². The Labute approximate surface area is 93.1 Å². The molecule has 4 heteroatoms. The predicted molar refractivity (Wildman–Crippen MR) is 57.2 cm³/mol. The molecular formula is C12H15F2NO. The average Bonchev–Trinajstić information content (AvgIpc) is 2.90. The first kappa shape index (κ1) is 11.3. The third-order valence-corrected chi connectivity index (χ3v) is 3.53. The summed E-state index contributed by atoms with van der Waals surface area (Å²) in [6, 6.07) is 1.86. The zero-order chi connectivity index (χ0) is 12.1. The Morgan fingerprint density at radius 1 is 1.31 bits per heavy atom. The Morgan fingerprint density at radius 3 is 2.31 bits per heavy atom. The molecule has 1 fully saturated rings. The van der Waals surface area contributed by atoms with Crippen LogP contribution in [0.15, 0.2) is 12.1 Å². The maximum absolute atomic E-state index is 13.3. The van der Waals surface area contributed by atoms with Crippen molar-refractivity contribution in [2.24, 2.45) is 5.73 Å². The Bertz CT molecular complexity index is 433. The van der Waals surface area contributed by atoms with E-state index in [-0.39, 0.29) is 5.56 Å². The van der Waals surface area contributed by atoms with Crippen LogP contribution in [0.5, 0.6) is 5.75 Å². The molecule has 0 amide bonds. The number of phenolic OH excluding ortho intramolecular Hbond substituents is 1. The molecule has 3 N–H and O–H groups in total. The third-order valence-electron chi connectivity index (χ3n) is 3.53. The van der Waals surface area contributed by atoms with Crippen LogP contribution < -0.4 is 5.73 Å².